The van der Waals surface area contributed by atoms with Crippen molar-refractivity contribution in [1.29, 1.82) is 0 Å². The molecule has 142 valence electrons. The van der Waals surface area contributed by atoms with E-state index in [1.54, 1.807) is 46.3 Å². The Hall–Kier alpha value is -3.68. The van der Waals surface area contributed by atoms with Crippen molar-refractivity contribution < 1.29 is 9.90 Å². The predicted molar refractivity (Wildman–Crippen MR) is 106 cm³/mol. The summed E-state index contributed by atoms with van der Waals surface area (Å²) in [4.78, 5) is 19.8. The highest BCUT2D eigenvalue weighted by Crippen LogP contribution is 2.22. The topological polar surface area (TPSA) is 97.9 Å². The molecule has 0 atom stereocenters. The van der Waals surface area contributed by atoms with E-state index in [1.165, 1.54) is 0 Å². The van der Waals surface area contributed by atoms with Crippen LogP contribution in [0.2, 0.25) is 0 Å². The van der Waals surface area contributed by atoms with E-state index >= 15 is 0 Å². The van der Waals surface area contributed by atoms with Crippen molar-refractivity contribution in [3.63, 3.8) is 0 Å². The molecule has 8 nitrogen and oxygen atoms in total. The van der Waals surface area contributed by atoms with Crippen LogP contribution in [0.5, 0.6) is 0 Å². The van der Waals surface area contributed by atoms with E-state index in [2.05, 4.69) is 34.2 Å². The maximum Gasteiger partial charge on any atom is 0.307 e. The lowest BCUT2D eigenvalue weighted by Crippen LogP contribution is -2.09. The molecule has 28 heavy (non-hydrogen) atoms. The van der Waals surface area contributed by atoms with Gasteiger partial charge < -0.3 is 15.0 Å². The van der Waals surface area contributed by atoms with Crippen molar-refractivity contribution in [3.8, 4) is 11.6 Å². The summed E-state index contributed by atoms with van der Waals surface area (Å²) < 4.78 is 3.51. The van der Waals surface area contributed by atoms with E-state index in [9.17, 15) is 4.79 Å². The highest BCUT2D eigenvalue weighted by atomic mass is 16.4. The molecule has 0 saturated carbocycles. The second kappa shape index (κ2) is 7.15. The van der Waals surface area contributed by atoms with Crippen LogP contribution in [0, 0.1) is 0 Å². The third kappa shape index (κ3) is 3.57. The quantitative estimate of drug-likeness (QED) is 0.537. The van der Waals surface area contributed by atoms with Crippen molar-refractivity contribution in [2.45, 2.75) is 26.3 Å². The number of nitrogens with zero attached hydrogens (tertiary/aromatic N) is 5. The van der Waals surface area contributed by atoms with Gasteiger partial charge in [-0.2, -0.15) is 5.10 Å². The normalized spacial score (nSPS) is 11.2. The first kappa shape index (κ1) is 17.7. The molecule has 3 heterocycles. The second-order valence-electron chi connectivity index (χ2n) is 6.86. The van der Waals surface area contributed by atoms with Crippen LogP contribution in [-0.2, 0) is 11.2 Å². The Morgan fingerprint density at radius 1 is 1.18 bits per heavy atom. The van der Waals surface area contributed by atoms with Gasteiger partial charge in [0.05, 0.1) is 30.5 Å². The fraction of sp³-hybridized carbons (Fsp3) is 0.200. The zero-order chi connectivity index (χ0) is 19.7. The van der Waals surface area contributed by atoms with Gasteiger partial charge in [0, 0.05) is 29.5 Å². The molecule has 0 saturated heterocycles. The van der Waals surface area contributed by atoms with Gasteiger partial charge in [0.25, 0.3) is 0 Å². The summed E-state index contributed by atoms with van der Waals surface area (Å²) >= 11 is 0. The summed E-state index contributed by atoms with van der Waals surface area (Å²) in [6.45, 7) is 4.18. The van der Waals surface area contributed by atoms with Crippen molar-refractivity contribution in [3.05, 3.63) is 60.8 Å². The minimum absolute atomic E-state index is 0.0322. The van der Waals surface area contributed by atoms with Crippen LogP contribution in [0.25, 0.3) is 22.5 Å². The van der Waals surface area contributed by atoms with Crippen molar-refractivity contribution in [2.24, 2.45) is 0 Å². The van der Waals surface area contributed by atoms with E-state index in [4.69, 9.17) is 5.11 Å². The van der Waals surface area contributed by atoms with Gasteiger partial charge in [0.15, 0.2) is 11.6 Å². The molecule has 0 fully saturated rings. The van der Waals surface area contributed by atoms with Gasteiger partial charge in [-0.15, -0.1) is 0 Å². The van der Waals surface area contributed by atoms with Gasteiger partial charge in [-0.05, 0) is 43.7 Å². The van der Waals surface area contributed by atoms with E-state index in [-0.39, 0.29) is 6.42 Å². The Labute approximate surface area is 161 Å². The third-order valence-corrected chi connectivity index (χ3v) is 4.23. The predicted octanol–water partition coefficient (Wildman–Crippen LogP) is 3.05. The smallest absolute Gasteiger partial charge is 0.307 e. The SMILES string of the molecule is CC(C)Nc1ccc2cnn(-c3cncc(-n4ccc(CC(=O)O)c4)n3)c2c1. The van der Waals surface area contributed by atoms with Crippen LogP contribution in [0.1, 0.15) is 19.4 Å². The molecule has 0 aliphatic carbocycles. The molecule has 2 N–H and O–H groups in total. The fourth-order valence-corrected chi connectivity index (χ4v) is 3.06. The van der Waals surface area contributed by atoms with Gasteiger partial charge in [-0.25, -0.2) is 9.67 Å². The minimum Gasteiger partial charge on any atom is -0.481 e. The Morgan fingerprint density at radius 3 is 2.79 bits per heavy atom. The number of carbonyl (C=O) groups is 1. The number of benzene rings is 1. The average molecular weight is 376 g/mol. The summed E-state index contributed by atoms with van der Waals surface area (Å²) in [5.41, 5.74) is 2.64. The second-order valence-corrected chi connectivity index (χ2v) is 6.86. The molecule has 0 aliphatic rings. The number of nitrogens with one attached hydrogen (secondary N) is 1. The van der Waals surface area contributed by atoms with E-state index in [0.29, 0.717) is 23.2 Å². The zero-order valence-electron chi connectivity index (χ0n) is 15.6. The molecule has 4 aromatic rings. The number of rotatable bonds is 6. The number of fused-ring (bicyclic) bond motifs is 1. The molecule has 0 unspecified atom stereocenters. The third-order valence-electron chi connectivity index (χ3n) is 4.23. The molecular weight excluding hydrogens is 356 g/mol. The molecule has 0 spiro atoms. The first-order valence-electron chi connectivity index (χ1n) is 8.95. The molecule has 8 heteroatoms. The van der Waals surface area contributed by atoms with Crippen molar-refractivity contribution in [2.75, 3.05) is 5.32 Å². The van der Waals surface area contributed by atoms with Crippen LogP contribution in [0.15, 0.2) is 55.2 Å². The zero-order valence-corrected chi connectivity index (χ0v) is 15.6. The summed E-state index contributed by atoms with van der Waals surface area (Å²) in [7, 11) is 0. The molecule has 0 radical (unpaired) electrons. The lowest BCUT2D eigenvalue weighted by molar-refractivity contribution is -0.136. The van der Waals surface area contributed by atoms with Gasteiger partial charge >= 0.3 is 5.97 Å². The van der Waals surface area contributed by atoms with E-state index in [0.717, 1.165) is 16.6 Å². The first-order chi connectivity index (χ1) is 13.5. The van der Waals surface area contributed by atoms with Crippen LogP contribution >= 0.6 is 0 Å². The summed E-state index contributed by atoms with van der Waals surface area (Å²) in [5.74, 6) is 0.309. The Bertz CT molecular complexity index is 1140. The molecule has 4 rings (SSSR count). The average Bonchev–Trinajstić information content (AvgIpc) is 3.27. The Kier molecular flexibility index (Phi) is 4.52. The Morgan fingerprint density at radius 2 is 2.00 bits per heavy atom. The first-order valence-corrected chi connectivity index (χ1v) is 8.95. The van der Waals surface area contributed by atoms with Gasteiger partial charge in [-0.3, -0.25) is 9.78 Å². The standard InChI is InChI=1S/C20H20N6O2/c1-13(2)23-16-4-3-15-9-22-26(17(15)8-16)19-11-21-10-18(24-19)25-6-5-14(12-25)7-20(27)28/h3-6,8-13,23H,7H2,1-2H3,(H,27,28). The molecule has 1 aromatic carbocycles. The molecule has 0 bridgehead atoms. The molecule has 0 aliphatic heterocycles. The number of hydrogen-bond acceptors (Lipinski definition) is 5. The van der Waals surface area contributed by atoms with Crippen LogP contribution in [-0.4, -0.2) is 41.4 Å². The largest absolute Gasteiger partial charge is 0.481 e. The number of aliphatic carboxylic acids is 1. The van der Waals surface area contributed by atoms with Crippen molar-refractivity contribution in [1.82, 2.24) is 24.3 Å². The van der Waals surface area contributed by atoms with Crippen molar-refractivity contribution >= 4 is 22.6 Å². The van der Waals surface area contributed by atoms with Gasteiger partial charge in [-0.1, -0.05) is 0 Å². The highest BCUT2D eigenvalue weighted by Gasteiger charge is 2.10. The fourth-order valence-electron chi connectivity index (χ4n) is 3.06. The van der Waals surface area contributed by atoms with E-state index in [1.807, 2.05) is 18.2 Å². The van der Waals surface area contributed by atoms with E-state index < -0.39 is 5.97 Å². The number of aromatic nitrogens is 5. The maximum atomic E-state index is 10.9. The molecule has 3 aromatic heterocycles. The number of hydrogen-bond donors (Lipinski definition) is 2. The summed E-state index contributed by atoms with van der Waals surface area (Å²) in [6, 6.07) is 8.17. The van der Waals surface area contributed by atoms with Gasteiger partial charge in [0.1, 0.15) is 0 Å². The Balaban J connectivity index is 1.71. The minimum atomic E-state index is -0.869. The highest BCUT2D eigenvalue weighted by molar-refractivity contribution is 5.83. The van der Waals surface area contributed by atoms with Gasteiger partial charge in [0.2, 0.25) is 0 Å². The monoisotopic (exact) mass is 376 g/mol. The van der Waals surface area contributed by atoms with Crippen LogP contribution in [0.3, 0.4) is 0 Å². The van der Waals surface area contributed by atoms with Crippen LogP contribution in [0.4, 0.5) is 5.69 Å². The number of anilines is 1. The molecular formula is C20H20N6O2. The number of carboxylic acid groups (broad SMARTS) is 1. The summed E-state index contributed by atoms with van der Waals surface area (Å²) in [5, 5.41) is 17.8. The lowest BCUT2D eigenvalue weighted by atomic mass is 10.2. The number of carboxylic acids is 1. The maximum absolute atomic E-state index is 10.9. The van der Waals surface area contributed by atoms with Crippen LogP contribution < -0.4 is 5.32 Å². The molecule has 0 amide bonds. The summed E-state index contributed by atoms with van der Waals surface area (Å²) in [6.07, 6.45) is 8.57. The lowest BCUT2D eigenvalue weighted by Gasteiger charge is -2.10.